The van der Waals surface area contributed by atoms with E-state index in [1.165, 1.54) is 13.1 Å². The highest BCUT2D eigenvalue weighted by Crippen LogP contribution is 2.22. The molecule has 1 unspecified atom stereocenters. The summed E-state index contributed by atoms with van der Waals surface area (Å²) in [5.74, 6) is 1.67. The summed E-state index contributed by atoms with van der Waals surface area (Å²) < 4.78 is 0. The molecule has 2 nitrogen and oxygen atoms in total. The highest BCUT2D eigenvalue weighted by atomic mass is 16.3. The zero-order valence-electron chi connectivity index (χ0n) is 7.75. The van der Waals surface area contributed by atoms with Gasteiger partial charge in [-0.15, -0.1) is 0 Å². The standard InChI is InChI=1S/C9H19NO/c1-7(2)9-5-10(6-9)4-8(3)11/h7-9,11H,4-6H2,1-3H3. The van der Waals surface area contributed by atoms with Crippen molar-refractivity contribution in [2.24, 2.45) is 11.8 Å². The van der Waals surface area contributed by atoms with E-state index in [0.717, 1.165) is 18.4 Å². The predicted octanol–water partition coefficient (Wildman–Crippen LogP) is 0.955. The second kappa shape index (κ2) is 3.55. The molecule has 0 amide bonds. The van der Waals surface area contributed by atoms with Gasteiger partial charge >= 0.3 is 0 Å². The van der Waals surface area contributed by atoms with Crippen LogP contribution in [0.15, 0.2) is 0 Å². The molecular weight excluding hydrogens is 138 g/mol. The summed E-state index contributed by atoms with van der Waals surface area (Å²) in [6.07, 6.45) is -0.164. The molecule has 0 aromatic heterocycles. The third-order valence-electron chi connectivity index (χ3n) is 2.45. The summed E-state index contributed by atoms with van der Waals surface area (Å²) in [4.78, 5) is 2.31. The Morgan fingerprint density at radius 3 is 2.27 bits per heavy atom. The summed E-state index contributed by atoms with van der Waals surface area (Å²) in [7, 11) is 0. The van der Waals surface area contributed by atoms with Gasteiger partial charge in [0.25, 0.3) is 0 Å². The van der Waals surface area contributed by atoms with Crippen molar-refractivity contribution < 1.29 is 5.11 Å². The van der Waals surface area contributed by atoms with Crippen molar-refractivity contribution in [1.29, 1.82) is 0 Å². The van der Waals surface area contributed by atoms with E-state index in [9.17, 15) is 0 Å². The smallest absolute Gasteiger partial charge is 0.0639 e. The lowest BCUT2D eigenvalue weighted by molar-refractivity contribution is 0.0279. The Bertz CT molecular complexity index is 117. The van der Waals surface area contributed by atoms with Gasteiger partial charge in [-0.1, -0.05) is 13.8 Å². The highest BCUT2D eigenvalue weighted by molar-refractivity contribution is 4.82. The van der Waals surface area contributed by atoms with Crippen LogP contribution in [0.25, 0.3) is 0 Å². The van der Waals surface area contributed by atoms with E-state index < -0.39 is 0 Å². The molecule has 0 saturated carbocycles. The maximum absolute atomic E-state index is 9.07. The van der Waals surface area contributed by atoms with Crippen molar-refractivity contribution in [1.82, 2.24) is 4.90 Å². The number of aliphatic hydroxyl groups is 1. The van der Waals surface area contributed by atoms with Crippen LogP contribution < -0.4 is 0 Å². The molecule has 1 aliphatic heterocycles. The lowest BCUT2D eigenvalue weighted by Gasteiger charge is -2.42. The summed E-state index contributed by atoms with van der Waals surface area (Å²) in [5.41, 5.74) is 0. The van der Waals surface area contributed by atoms with Crippen LogP contribution in [0.2, 0.25) is 0 Å². The molecule has 1 N–H and O–H groups in total. The van der Waals surface area contributed by atoms with Crippen LogP contribution in [-0.2, 0) is 0 Å². The Morgan fingerprint density at radius 2 is 1.91 bits per heavy atom. The lowest BCUT2D eigenvalue weighted by atomic mass is 9.88. The Hall–Kier alpha value is -0.0800. The van der Waals surface area contributed by atoms with Gasteiger partial charge in [0.2, 0.25) is 0 Å². The number of hydrogen-bond donors (Lipinski definition) is 1. The van der Waals surface area contributed by atoms with Crippen molar-refractivity contribution in [2.75, 3.05) is 19.6 Å². The van der Waals surface area contributed by atoms with Crippen LogP contribution in [0, 0.1) is 11.8 Å². The second-order valence-electron chi connectivity index (χ2n) is 4.07. The maximum Gasteiger partial charge on any atom is 0.0639 e. The Balaban J connectivity index is 2.09. The van der Waals surface area contributed by atoms with E-state index >= 15 is 0 Å². The van der Waals surface area contributed by atoms with E-state index in [2.05, 4.69) is 18.7 Å². The molecule has 1 fully saturated rings. The minimum absolute atomic E-state index is 0.164. The Labute approximate surface area is 69.2 Å². The van der Waals surface area contributed by atoms with Crippen molar-refractivity contribution in [3.8, 4) is 0 Å². The van der Waals surface area contributed by atoms with E-state index in [0.29, 0.717) is 0 Å². The minimum Gasteiger partial charge on any atom is -0.392 e. The quantitative estimate of drug-likeness (QED) is 0.659. The first-order chi connectivity index (χ1) is 5.09. The van der Waals surface area contributed by atoms with Gasteiger partial charge < -0.3 is 10.0 Å². The van der Waals surface area contributed by atoms with Crippen LogP contribution >= 0.6 is 0 Å². The number of nitrogens with zero attached hydrogens (tertiary/aromatic N) is 1. The van der Waals surface area contributed by atoms with Crippen molar-refractivity contribution >= 4 is 0 Å². The average Bonchev–Trinajstić information content (AvgIpc) is 1.75. The van der Waals surface area contributed by atoms with Crippen molar-refractivity contribution in [2.45, 2.75) is 26.9 Å². The molecule has 1 aliphatic rings. The number of rotatable bonds is 3. The molecule has 0 radical (unpaired) electrons. The van der Waals surface area contributed by atoms with Gasteiger partial charge in [-0.2, -0.15) is 0 Å². The number of β-amino-alcohol motifs (C(OH)–C–C–N with tert-alkyl or cyclic N) is 1. The molecule has 0 aliphatic carbocycles. The van der Waals surface area contributed by atoms with Crippen LogP contribution in [0.5, 0.6) is 0 Å². The van der Waals surface area contributed by atoms with E-state index in [1.54, 1.807) is 0 Å². The molecule has 2 heteroatoms. The van der Waals surface area contributed by atoms with Crippen LogP contribution in [0.1, 0.15) is 20.8 Å². The fourth-order valence-electron chi connectivity index (χ4n) is 1.55. The van der Waals surface area contributed by atoms with Gasteiger partial charge in [-0.05, 0) is 18.8 Å². The summed E-state index contributed by atoms with van der Waals surface area (Å²) in [6, 6.07) is 0. The first-order valence-electron chi connectivity index (χ1n) is 4.50. The zero-order chi connectivity index (χ0) is 8.43. The molecule has 0 spiro atoms. The SMILES string of the molecule is CC(O)CN1CC(C(C)C)C1. The normalized spacial score (nSPS) is 23.7. The largest absolute Gasteiger partial charge is 0.392 e. The van der Waals surface area contributed by atoms with E-state index in [4.69, 9.17) is 5.11 Å². The lowest BCUT2D eigenvalue weighted by Crippen LogP contribution is -2.51. The third-order valence-corrected chi connectivity index (χ3v) is 2.45. The third kappa shape index (κ3) is 2.46. The van der Waals surface area contributed by atoms with Gasteiger partial charge in [0, 0.05) is 19.6 Å². The van der Waals surface area contributed by atoms with Gasteiger partial charge in [0.15, 0.2) is 0 Å². The Morgan fingerprint density at radius 1 is 1.36 bits per heavy atom. The van der Waals surface area contributed by atoms with Crippen LogP contribution in [-0.4, -0.2) is 35.7 Å². The molecular formula is C9H19NO. The first kappa shape index (κ1) is 9.01. The molecule has 0 aromatic carbocycles. The average molecular weight is 157 g/mol. The molecule has 0 aromatic rings. The highest BCUT2D eigenvalue weighted by Gasteiger charge is 2.28. The molecule has 1 rings (SSSR count). The molecule has 11 heavy (non-hydrogen) atoms. The predicted molar refractivity (Wildman–Crippen MR) is 46.4 cm³/mol. The molecule has 66 valence electrons. The van der Waals surface area contributed by atoms with Crippen LogP contribution in [0.3, 0.4) is 0 Å². The van der Waals surface area contributed by atoms with Crippen molar-refractivity contribution in [3.63, 3.8) is 0 Å². The topological polar surface area (TPSA) is 23.5 Å². The van der Waals surface area contributed by atoms with Gasteiger partial charge in [0.05, 0.1) is 6.10 Å². The summed E-state index contributed by atoms with van der Waals surface area (Å²) in [5, 5.41) is 9.07. The number of aliphatic hydroxyl groups excluding tert-OH is 1. The van der Waals surface area contributed by atoms with E-state index in [1.807, 2.05) is 6.92 Å². The van der Waals surface area contributed by atoms with Gasteiger partial charge in [-0.3, -0.25) is 0 Å². The minimum atomic E-state index is -0.164. The van der Waals surface area contributed by atoms with Gasteiger partial charge in [0.1, 0.15) is 0 Å². The zero-order valence-corrected chi connectivity index (χ0v) is 7.75. The molecule has 1 atom stereocenters. The second-order valence-corrected chi connectivity index (χ2v) is 4.07. The van der Waals surface area contributed by atoms with Crippen molar-refractivity contribution in [3.05, 3.63) is 0 Å². The first-order valence-corrected chi connectivity index (χ1v) is 4.50. The maximum atomic E-state index is 9.07. The monoisotopic (exact) mass is 157 g/mol. The fourth-order valence-corrected chi connectivity index (χ4v) is 1.55. The molecule has 1 saturated heterocycles. The van der Waals surface area contributed by atoms with E-state index in [-0.39, 0.29) is 6.10 Å². The Kier molecular flexibility index (Phi) is 2.90. The van der Waals surface area contributed by atoms with Gasteiger partial charge in [-0.25, -0.2) is 0 Å². The molecule has 1 heterocycles. The fraction of sp³-hybridized carbons (Fsp3) is 1.00. The number of likely N-dealkylation sites (tertiary alicyclic amines) is 1. The number of hydrogen-bond acceptors (Lipinski definition) is 2. The summed E-state index contributed by atoms with van der Waals surface area (Å²) in [6.45, 7) is 9.60. The summed E-state index contributed by atoms with van der Waals surface area (Å²) >= 11 is 0. The molecule has 0 bridgehead atoms. The van der Waals surface area contributed by atoms with Crippen LogP contribution in [0.4, 0.5) is 0 Å².